The predicted octanol–water partition coefficient (Wildman–Crippen LogP) is 0.695. The lowest BCUT2D eigenvalue weighted by Gasteiger charge is -1.90. The van der Waals surface area contributed by atoms with Crippen molar-refractivity contribution in [2.45, 2.75) is 0 Å². The smallest absolute Gasteiger partial charge is 0.116 e. The Morgan fingerprint density at radius 2 is 2.00 bits per heavy atom. The lowest BCUT2D eigenvalue weighted by molar-refractivity contribution is 0.301. The van der Waals surface area contributed by atoms with Crippen LogP contribution in [0.3, 0.4) is 0 Å². The largest absolute Gasteiger partial charge is 0.494 e. The molecule has 0 fully saturated rings. The van der Waals surface area contributed by atoms with Crippen LogP contribution in [0, 0.1) is 0 Å². The van der Waals surface area contributed by atoms with E-state index in [1.54, 1.807) is 6.26 Å². The zero-order chi connectivity index (χ0) is 9.38. The molecule has 14 heavy (non-hydrogen) atoms. The Morgan fingerprint density at radius 3 is 2.93 bits per heavy atom. The third-order valence-corrected chi connectivity index (χ3v) is 2.24. The van der Waals surface area contributed by atoms with E-state index in [4.69, 9.17) is 4.74 Å². The molecule has 3 nitrogen and oxygen atoms in total. The summed E-state index contributed by atoms with van der Waals surface area (Å²) in [5.74, 6) is 0. The summed E-state index contributed by atoms with van der Waals surface area (Å²) in [5, 5.41) is 1.81. The van der Waals surface area contributed by atoms with Gasteiger partial charge in [0.15, 0.2) is 0 Å². The topological polar surface area (TPSA) is 34.0 Å². The Balaban J connectivity index is 2.35. The zero-order valence-electron chi connectivity index (χ0n) is 7.47. The Bertz CT molecular complexity index is 555. The second kappa shape index (κ2) is 2.80. The first-order valence-electron chi connectivity index (χ1n) is 4.46. The van der Waals surface area contributed by atoms with Crippen LogP contribution in [0.4, 0.5) is 0 Å². The summed E-state index contributed by atoms with van der Waals surface area (Å²) in [5.41, 5.74) is 1.93. The van der Waals surface area contributed by atoms with E-state index < -0.39 is 0 Å². The van der Waals surface area contributed by atoms with Crippen LogP contribution in [0.15, 0.2) is 58.0 Å². The van der Waals surface area contributed by atoms with E-state index in [0.29, 0.717) is 6.61 Å². The number of nitrogens with zero attached hydrogens (tertiary/aromatic N) is 2. The van der Waals surface area contributed by atoms with Crippen LogP contribution in [0.1, 0.15) is 0 Å². The summed E-state index contributed by atoms with van der Waals surface area (Å²) >= 11 is 0. The van der Waals surface area contributed by atoms with Gasteiger partial charge in [-0.15, -0.1) is 0 Å². The summed E-state index contributed by atoms with van der Waals surface area (Å²) in [6.07, 6.45) is 3.51. The molecule has 0 saturated heterocycles. The minimum absolute atomic E-state index is 0.580. The first kappa shape index (κ1) is 7.50. The van der Waals surface area contributed by atoms with E-state index >= 15 is 0 Å². The van der Waals surface area contributed by atoms with E-state index in [2.05, 4.69) is 9.98 Å². The van der Waals surface area contributed by atoms with Crippen LogP contribution in [0.2, 0.25) is 0 Å². The quantitative estimate of drug-likeness (QED) is 0.584. The van der Waals surface area contributed by atoms with Crippen molar-refractivity contribution in [1.82, 2.24) is 0 Å². The number of hydrogen-bond donors (Lipinski definition) is 0. The predicted molar refractivity (Wildman–Crippen MR) is 50.9 cm³/mol. The highest BCUT2D eigenvalue weighted by Crippen LogP contribution is 2.18. The zero-order valence-corrected chi connectivity index (χ0v) is 7.47. The van der Waals surface area contributed by atoms with Gasteiger partial charge in [-0.25, -0.2) is 4.99 Å². The number of fused-ring (bicyclic) bond motifs is 2. The molecule has 2 heterocycles. The van der Waals surface area contributed by atoms with E-state index in [1.807, 2.05) is 30.5 Å². The third kappa shape index (κ3) is 1.06. The van der Waals surface area contributed by atoms with Crippen molar-refractivity contribution in [3.05, 3.63) is 58.7 Å². The van der Waals surface area contributed by atoms with Gasteiger partial charge >= 0.3 is 0 Å². The molecule has 1 aromatic carbocycles. The average molecular weight is 184 g/mol. The lowest BCUT2D eigenvalue weighted by Crippen LogP contribution is -2.23. The van der Waals surface area contributed by atoms with Crippen LogP contribution >= 0.6 is 0 Å². The van der Waals surface area contributed by atoms with Crippen molar-refractivity contribution in [3.8, 4) is 0 Å². The number of hydrogen-bond acceptors (Lipinski definition) is 3. The molecule has 3 rings (SSSR count). The SMILES string of the molecule is C1=C2COC=C2N=c2ccccc2=N1. The highest BCUT2D eigenvalue weighted by Gasteiger charge is 2.12. The summed E-state index contributed by atoms with van der Waals surface area (Å²) in [7, 11) is 0. The Hall–Kier alpha value is -1.90. The fourth-order valence-corrected chi connectivity index (χ4v) is 1.51. The summed E-state index contributed by atoms with van der Waals surface area (Å²) in [6, 6.07) is 7.83. The van der Waals surface area contributed by atoms with E-state index in [0.717, 1.165) is 22.0 Å². The van der Waals surface area contributed by atoms with Gasteiger partial charge in [0, 0.05) is 11.8 Å². The Kier molecular flexibility index (Phi) is 1.50. The number of rotatable bonds is 0. The summed E-state index contributed by atoms with van der Waals surface area (Å²) < 4.78 is 5.18. The molecule has 0 amide bonds. The van der Waals surface area contributed by atoms with Crippen molar-refractivity contribution in [1.29, 1.82) is 0 Å². The van der Waals surface area contributed by atoms with Crippen molar-refractivity contribution in [2.24, 2.45) is 9.98 Å². The van der Waals surface area contributed by atoms with Crippen LogP contribution in [0.25, 0.3) is 0 Å². The van der Waals surface area contributed by atoms with Gasteiger partial charge in [-0.1, -0.05) is 12.1 Å². The molecular formula is C11H8N2O. The van der Waals surface area contributed by atoms with Crippen molar-refractivity contribution in [2.75, 3.05) is 6.61 Å². The summed E-state index contributed by atoms with van der Waals surface area (Å²) in [6.45, 7) is 0.580. The molecule has 0 aromatic heterocycles. The third-order valence-electron chi connectivity index (χ3n) is 2.24. The average Bonchev–Trinajstić information content (AvgIpc) is 2.58. The molecule has 0 radical (unpaired) electrons. The molecule has 1 aromatic rings. The van der Waals surface area contributed by atoms with E-state index in [1.165, 1.54) is 0 Å². The van der Waals surface area contributed by atoms with Gasteiger partial charge in [0.2, 0.25) is 0 Å². The molecule has 0 aliphatic carbocycles. The van der Waals surface area contributed by atoms with Gasteiger partial charge in [-0.05, 0) is 12.1 Å². The first-order valence-corrected chi connectivity index (χ1v) is 4.46. The molecule has 2 aliphatic rings. The van der Waals surface area contributed by atoms with Crippen LogP contribution in [-0.4, -0.2) is 6.61 Å². The van der Waals surface area contributed by atoms with Crippen LogP contribution in [0.5, 0.6) is 0 Å². The van der Waals surface area contributed by atoms with Gasteiger partial charge in [-0.3, -0.25) is 4.99 Å². The Morgan fingerprint density at radius 1 is 1.14 bits per heavy atom. The normalized spacial score (nSPS) is 17.4. The summed E-state index contributed by atoms with van der Waals surface area (Å²) in [4.78, 5) is 8.83. The second-order valence-electron chi connectivity index (χ2n) is 3.20. The molecule has 0 bridgehead atoms. The maximum atomic E-state index is 5.18. The molecule has 0 unspecified atom stereocenters. The van der Waals surface area contributed by atoms with Crippen molar-refractivity contribution in [3.63, 3.8) is 0 Å². The highest BCUT2D eigenvalue weighted by atomic mass is 16.5. The van der Waals surface area contributed by atoms with Gasteiger partial charge < -0.3 is 4.74 Å². The molecule has 3 heteroatoms. The molecule has 68 valence electrons. The highest BCUT2D eigenvalue weighted by molar-refractivity contribution is 5.33. The van der Waals surface area contributed by atoms with Crippen molar-refractivity contribution >= 4 is 0 Å². The van der Waals surface area contributed by atoms with E-state index in [-0.39, 0.29) is 0 Å². The second-order valence-corrected chi connectivity index (χ2v) is 3.20. The maximum Gasteiger partial charge on any atom is 0.116 e. The molecule has 2 aliphatic heterocycles. The van der Waals surface area contributed by atoms with Crippen molar-refractivity contribution < 1.29 is 4.74 Å². The molecule has 0 saturated carbocycles. The number of benzene rings is 1. The van der Waals surface area contributed by atoms with Gasteiger partial charge in [-0.2, -0.15) is 0 Å². The monoisotopic (exact) mass is 184 g/mol. The molecule has 0 spiro atoms. The lowest BCUT2D eigenvalue weighted by atomic mass is 10.2. The molecule has 0 N–H and O–H groups in total. The van der Waals surface area contributed by atoms with Gasteiger partial charge in [0.1, 0.15) is 18.6 Å². The minimum atomic E-state index is 0.580. The van der Waals surface area contributed by atoms with Crippen LogP contribution in [-0.2, 0) is 4.74 Å². The fourth-order valence-electron chi connectivity index (χ4n) is 1.51. The van der Waals surface area contributed by atoms with E-state index in [9.17, 15) is 0 Å². The van der Waals surface area contributed by atoms with Gasteiger partial charge in [0.25, 0.3) is 0 Å². The van der Waals surface area contributed by atoms with Gasteiger partial charge in [0.05, 0.1) is 10.7 Å². The molecular weight excluding hydrogens is 176 g/mol. The first-order chi connectivity index (χ1) is 6.93. The number of ether oxygens (including phenoxy) is 1. The molecule has 0 atom stereocenters. The number of para-hydroxylation sites is 2. The fraction of sp³-hybridized carbons (Fsp3) is 0.0909. The minimum Gasteiger partial charge on any atom is -0.494 e. The Labute approximate surface area is 80.8 Å². The standard InChI is InChI=1S/C11H8N2O/c1-2-4-10-9(3-1)12-5-8-6-14-7-11(8)13-10/h1-5,7H,6H2. The maximum absolute atomic E-state index is 5.18. The van der Waals surface area contributed by atoms with Crippen LogP contribution < -0.4 is 10.7 Å².